The Hall–Kier alpha value is -4.95. The summed E-state index contributed by atoms with van der Waals surface area (Å²) in [6.45, 7) is 0.471. The number of anilines is 1. The molecule has 5 aromatic carbocycles. The van der Waals surface area contributed by atoms with E-state index in [4.69, 9.17) is 0 Å². The summed E-state index contributed by atoms with van der Waals surface area (Å²) in [5.41, 5.74) is 5.49. The van der Waals surface area contributed by atoms with E-state index in [2.05, 4.69) is 62.4 Å². The van der Waals surface area contributed by atoms with Crippen molar-refractivity contribution < 1.29 is 4.79 Å². The number of hydrogen-bond donors (Lipinski definition) is 2. The van der Waals surface area contributed by atoms with Gasteiger partial charge in [0.2, 0.25) is 0 Å². The van der Waals surface area contributed by atoms with Gasteiger partial charge in [0.1, 0.15) is 0 Å². The first-order valence-corrected chi connectivity index (χ1v) is 13.9. The zero-order valence-corrected chi connectivity index (χ0v) is 22.4. The van der Waals surface area contributed by atoms with Crippen LogP contribution in [0.1, 0.15) is 11.4 Å². The fourth-order valence-corrected chi connectivity index (χ4v) is 5.29. The van der Waals surface area contributed by atoms with Gasteiger partial charge < -0.3 is 5.32 Å². The first kappa shape index (κ1) is 25.3. The van der Waals surface area contributed by atoms with Crippen molar-refractivity contribution in [2.24, 2.45) is 5.10 Å². The molecular weight excluding hydrogens is 516 g/mol. The molecule has 1 heterocycles. The number of nitrogens with zero attached hydrogens (tertiary/aromatic N) is 4. The van der Waals surface area contributed by atoms with Crippen molar-refractivity contribution >= 4 is 51.1 Å². The van der Waals surface area contributed by atoms with E-state index in [1.165, 1.54) is 17.1 Å². The minimum absolute atomic E-state index is 0.150. The van der Waals surface area contributed by atoms with Crippen LogP contribution in [0.5, 0.6) is 0 Å². The highest BCUT2D eigenvalue weighted by Crippen LogP contribution is 2.26. The maximum absolute atomic E-state index is 12.6. The van der Waals surface area contributed by atoms with Crippen molar-refractivity contribution in [2.45, 2.75) is 11.7 Å². The zero-order chi connectivity index (χ0) is 27.1. The Kier molecular flexibility index (Phi) is 7.50. The van der Waals surface area contributed by atoms with Gasteiger partial charge in [-0.2, -0.15) is 5.10 Å². The van der Waals surface area contributed by atoms with Crippen LogP contribution in [0.2, 0.25) is 0 Å². The number of carbonyl (C=O) groups excluding carboxylic acids is 1. The zero-order valence-electron chi connectivity index (χ0n) is 21.6. The van der Waals surface area contributed by atoms with E-state index >= 15 is 0 Å². The third-order valence-corrected chi connectivity index (χ3v) is 7.38. The Bertz CT molecular complexity index is 1810. The van der Waals surface area contributed by atoms with Crippen LogP contribution in [0, 0.1) is 0 Å². The van der Waals surface area contributed by atoms with Crippen LogP contribution in [0.25, 0.3) is 27.2 Å². The molecule has 0 radical (unpaired) electrons. The molecule has 0 aliphatic carbocycles. The van der Waals surface area contributed by atoms with E-state index in [0.717, 1.165) is 38.9 Å². The summed E-state index contributed by atoms with van der Waals surface area (Å²) in [4.78, 5) is 12.6. The molecule has 0 fully saturated rings. The van der Waals surface area contributed by atoms with E-state index in [9.17, 15) is 4.79 Å². The Labute approximate surface area is 236 Å². The van der Waals surface area contributed by atoms with Gasteiger partial charge in [0, 0.05) is 16.8 Å². The predicted molar refractivity (Wildman–Crippen MR) is 163 cm³/mol. The third kappa shape index (κ3) is 5.72. The van der Waals surface area contributed by atoms with Crippen LogP contribution in [-0.2, 0) is 11.3 Å². The molecule has 1 amide bonds. The Morgan fingerprint density at radius 1 is 0.800 bits per heavy atom. The molecule has 6 aromatic rings. The monoisotopic (exact) mass is 542 g/mol. The van der Waals surface area contributed by atoms with Crippen molar-refractivity contribution in [3.05, 3.63) is 127 Å². The molecule has 0 spiro atoms. The highest BCUT2D eigenvalue weighted by atomic mass is 32.2. The lowest BCUT2D eigenvalue weighted by atomic mass is 10.1. The van der Waals surface area contributed by atoms with Gasteiger partial charge in [0.15, 0.2) is 11.0 Å². The molecule has 0 bridgehead atoms. The fraction of sp³-hybridized carbons (Fsp3) is 0.0625. The van der Waals surface area contributed by atoms with E-state index in [-0.39, 0.29) is 11.7 Å². The van der Waals surface area contributed by atoms with Crippen molar-refractivity contribution in [3.8, 4) is 5.69 Å². The van der Waals surface area contributed by atoms with Crippen molar-refractivity contribution in [3.63, 3.8) is 0 Å². The lowest BCUT2D eigenvalue weighted by Crippen LogP contribution is -2.20. The molecule has 2 N–H and O–H groups in total. The van der Waals surface area contributed by atoms with Crippen molar-refractivity contribution in [1.29, 1.82) is 0 Å². The molecule has 0 saturated carbocycles. The largest absolute Gasteiger partial charge is 0.377 e. The van der Waals surface area contributed by atoms with Gasteiger partial charge in [0.25, 0.3) is 5.91 Å². The summed E-state index contributed by atoms with van der Waals surface area (Å²) in [5.74, 6) is 0.674. The number of thioether (sulfide) groups is 1. The first-order chi connectivity index (χ1) is 19.7. The van der Waals surface area contributed by atoms with Gasteiger partial charge >= 0.3 is 0 Å². The first-order valence-electron chi connectivity index (χ1n) is 12.9. The number of para-hydroxylation sites is 1. The smallest absolute Gasteiger partial charge is 0.250 e. The number of fused-ring (bicyclic) bond motifs is 2. The van der Waals surface area contributed by atoms with E-state index in [1.807, 2.05) is 83.4 Å². The Morgan fingerprint density at radius 3 is 2.42 bits per heavy atom. The summed E-state index contributed by atoms with van der Waals surface area (Å²) < 4.78 is 1.98. The van der Waals surface area contributed by atoms with Crippen molar-refractivity contribution in [1.82, 2.24) is 20.2 Å². The molecule has 7 nitrogen and oxygen atoms in total. The van der Waals surface area contributed by atoms with E-state index < -0.39 is 0 Å². The number of benzene rings is 5. The van der Waals surface area contributed by atoms with Gasteiger partial charge in [-0.1, -0.05) is 103 Å². The minimum atomic E-state index is -0.222. The second-order valence-electron chi connectivity index (χ2n) is 9.14. The average Bonchev–Trinajstić information content (AvgIpc) is 3.42. The molecule has 0 aliphatic heterocycles. The second kappa shape index (κ2) is 11.8. The fourth-order valence-electron chi connectivity index (χ4n) is 4.53. The van der Waals surface area contributed by atoms with Crippen LogP contribution in [0.3, 0.4) is 0 Å². The summed E-state index contributed by atoms with van der Waals surface area (Å²) in [6.07, 6.45) is 1.65. The van der Waals surface area contributed by atoms with Gasteiger partial charge in [0.05, 0.1) is 18.5 Å². The van der Waals surface area contributed by atoms with Crippen LogP contribution in [0.4, 0.5) is 5.69 Å². The van der Waals surface area contributed by atoms with E-state index in [0.29, 0.717) is 11.7 Å². The normalized spacial score (nSPS) is 11.3. The summed E-state index contributed by atoms with van der Waals surface area (Å²) in [7, 11) is 0. The Balaban J connectivity index is 1.14. The number of carbonyl (C=O) groups is 1. The van der Waals surface area contributed by atoms with Crippen LogP contribution < -0.4 is 10.7 Å². The van der Waals surface area contributed by atoms with Gasteiger partial charge in [-0.05, 0) is 46.0 Å². The summed E-state index contributed by atoms with van der Waals surface area (Å²) in [5, 5.41) is 21.8. The number of hydrogen-bond acceptors (Lipinski definition) is 6. The molecular formula is C32H26N6OS. The van der Waals surface area contributed by atoms with Crippen LogP contribution in [0.15, 0.2) is 126 Å². The predicted octanol–water partition coefficient (Wildman–Crippen LogP) is 6.43. The second-order valence-corrected chi connectivity index (χ2v) is 10.1. The molecule has 0 saturated heterocycles. The maximum Gasteiger partial charge on any atom is 0.250 e. The highest BCUT2D eigenvalue weighted by molar-refractivity contribution is 7.99. The molecule has 6 rings (SSSR count). The number of nitrogens with one attached hydrogen (secondary N) is 2. The number of rotatable bonds is 9. The van der Waals surface area contributed by atoms with E-state index in [1.54, 1.807) is 6.21 Å². The molecule has 8 heteroatoms. The van der Waals surface area contributed by atoms with Gasteiger partial charge in [-0.15, -0.1) is 10.2 Å². The standard InChI is InChI=1S/C32H26N6OS/c39-31(36-34-20-23-17-18-24-9-4-5-11-26(24)19-23)22-40-32-37-35-30(38(32)27-13-2-1-3-14-27)21-33-29-16-8-12-25-10-6-7-15-28(25)29/h1-20,33H,21-22H2,(H,36,39). The summed E-state index contributed by atoms with van der Waals surface area (Å²) >= 11 is 1.32. The molecule has 196 valence electrons. The SMILES string of the molecule is O=C(CSc1nnc(CNc2cccc3ccccc23)n1-c1ccccc1)NN=Cc1ccc2ccccc2c1. The molecule has 40 heavy (non-hydrogen) atoms. The Morgan fingerprint density at radius 2 is 1.55 bits per heavy atom. The number of hydrazone groups is 1. The van der Waals surface area contributed by atoms with Crippen molar-refractivity contribution in [2.75, 3.05) is 11.1 Å². The molecule has 0 atom stereocenters. The average molecular weight is 543 g/mol. The highest BCUT2D eigenvalue weighted by Gasteiger charge is 2.16. The quantitative estimate of drug-likeness (QED) is 0.125. The molecule has 1 aromatic heterocycles. The van der Waals surface area contributed by atoms with Gasteiger partial charge in [-0.25, -0.2) is 5.43 Å². The third-order valence-electron chi connectivity index (χ3n) is 6.45. The molecule has 0 aliphatic rings. The summed E-state index contributed by atoms with van der Waals surface area (Å²) in [6, 6.07) is 38.6. The number of amides is 1. The lowest BCUT2D eigenvalue weighted by molar-refractivity contribution is -0.118. The minimum Gasteiger partial charge on any atom is -0.377 e. The van der Waals surface area contributed by atoms with Crippen LogP contribution >= 0.6 is 11.8 Å². The molecule has 0 unspecified atom stereocenters. The lowest BCUT2D eigenvalue weighted by Gasteiger charge is -2.12. The number of aromatic nitrogens is 3. The maximum atomic E-state index is 12.6. The van der Waals surface area contributed by atoms with Gasteiger partial charge in [-0.3, -0.25) is 9.36 Å². The topological polar surface area (TPSA) is 84.2 Å². The van der Waals surface area contributed by atoms with Crippen LogP contribution in [-0.4, -0.2) is 32.6 Å².